The number of aromatic nitrogens is 2. The van der Waals surface area contributed by atoms with Crippen molar-refractivity contribution in [1.29, 1.82) is 0 Å². The summed E-state index contributed by atoms with van der Waals surface area (Å²) in [5.74, 6) is 0. The number of rotatable bonds is 5. The summed E-state index contributed by atoms with van der Waals surface area (Å²) in [5.41, 5.74) is 0. The van der Waals surface area contributed by atoms with Gasteiger partial charge in [0.2, 0.25) is 0 Å². The van der Waals surface area contributed by atoms with Gasteiger partial charge in [-0.1, -0.05) is 13.8 Å². The number of likely N-dealkylation sites (N-methyl/N-ethyl adjacent to an activating group) is 1. The molecule has 1 atom stereocenters. The highest BCUT2D eigenvalue weighted by Gasteiger charge is 2.10. The molecule has 0 spiro atoms. The molecule has 0 saturated carbocycles. The minimum atomic E-state index is -0.128. The first-order valence-electron chi connectivity index (χ1n) is 5.68. The highest BCUT2D eigenvalue weighted by atomic mass is 16.2. The molecule has 5 heteroatoms. The quantitative estimate of drug-likeness (QED) is 0.817. The van der Waals surface area contributed by atoms with Crippen molar-refractivity contribution in [2.24, 2.45) is 0 Å². The highest BCUT2D eigenvalue weighted by Crippen LogP contribution is 1.93. The zero-order chi connectivity index (χ0) is 12.0. The maximum absolute atomic E-state index is 11.7. The van der Waals surface area contributed by atoms with Crippen molar-refractivity contribution in [3.63, 3.8) is 0 Å². The Morgan fingerprint density at radius 3 is 2.69 bits per heavy atom. The first-order valence-corrected chi connectivity index (χ1v) is 5.68. The van der Waals surface area contributed by atoms with Crippen LogP contribution in [0.2, 0.25) is 0 Å². The molecule has 5 nitrogen and oxygen atoms in total. The molecule has 90 valence electrons. The smallest absolute Gasteiger partial charge is 0.327 e. The summed E-state index contributed by atoms with van der Waals surface area (Å²) >= 11 is 0. The van der Waals surface area contributed by atoms with E-state index in [0.717, 1.165) is 19.6 Å². The summed E-state index contributed by atoms with van der Waals surface area (Å²) in [4.78, 5) is 17.8. The van der Waals surface area contributed by atoms with E-state index >= 15 is 0 Å². The van der Waals surface area contributed by atoms with Crippen LogP contribution in [0, 0.1) is 0 Å². The number of hydrogen-bond acceptors (Lipinski definition) is 3. The second kappa shape index (κ2) is 6.27. The Balaban J connectivity index is 2.39. The Morgan fingerprint density at radius 2 is 2.19 bits per heavy atom. The van der Waals surface area contributed by atoms with Gasteiger partial charge in [-0.3, -0.25) is 4.57 Å². The van der Waals surface area contributed by atoms with E-state index < -0.39 is 0 Å². The fraction of sp³-hybridized carbons (Fsp3) is 0.636. The molecule has 1 unspecified atom stereocenters. The minimum Gasteiger partial charge on any atom is -0.334 e. The number of nitrogens with zero attached hydrogens (tertiary/aromatic N) is 3. The summed E-state index contributed by atoms with van der Waals surface area (Å²) in [5, 5.41) is 2.92. The van der Waals surface area contributed by atoms with E-state index in [1.54, 1.807) is 12.4 Å². The third-order valence-electron chi connectivity index (χ3n) is 2.54. The van der Waals surface area contributed by atoms with Crippen LogP contribution in [0.3, 0.4) is 0 Å². The van der Waals surface area contributed by atoms with Crippen LogP contribution in [0.1, 0.15) is 20.8 Å². The Kier molecular flexibility index (Phi) is 4.98. The predicted octanol–water partition coefficient (Wildman–Crippen LogP) is 1.17. The maximum Gasteiger partial charge on any atom is 0.327 e. The lowest BCUT2D eigenvalue weighted by molar-refractivity contribution is 0.229. The Labute approximate surface area is 96.5 Å². The monoisotopic (exact) mass is 224 g/mol. The summed E-state index contributed by atoms with van der Waals surface area (Å²) in [7, 11) is 0. The predicted molar refractivity (Wildman–Crippen MR) is 63.4 cm³/mol. The van der Waals surface area contributed by atoms with Gasteiger partial charge in [0.25, 0.3) is 0 Å². The first kappa shape index (κ1) is 12.7. The van der Waals surface area contributed by atoms with Gasteiger partial charge in [-0.25, -0.2) is 9.78 Å². The molecule has 0 fully saturated rings. The largest absolute Gasteiger partial charge is 0.334 e. The van der Waals surface area contributed by atoms with Crippen LogP contribution < -0.4 is 5.32 Å². The van der Waals surface area contributed by atoms with E-state index in [9.17, 15) is 4.79 Å². The lowest BCUT2D eigenvalue weighted by atomic mass is 10.3. The van der Waals surface area contributed by atoms with Gasteiger partial charge in [-0.05, 0) is 20.0 Å². The molecular weight excluding hydrogens is 204 g/mol. The van der Waals surface area contributed by atoms with Crippen LogP contribution in [-0.4, -0.2) is 46.2 Å². The van der Waals surface area contributed by atoms with Gasteiger partial charge < -0.3 is 10.2 Å². The molecule has 1 N–H and O–H groups in total. The molecule has 1 amide bonds. The van der Waals surface area contributed by atoms with Crippen LogP contribution in [0.4, 0.5) is 4.79 Å². The van der Waals surface area contributed by atoms with Crippen molar-refractivity contribution in [2.75, 3.05) is 19.6 Å². The second-order valence-electron chi connectivity index (χ2n) is 3.81. The second-order valence-corrected chi connectivity index (χ2v) is 3.81. The Bertz CT molecular complexity index is 306. The molecule has 0 aliphatic carbocycles. The topological polar surface area (TPSA) is 50.2 Å². The van der Waals surface area contributed by atoms with Crippen molar-refractivity contribution >= 4 is 6.03 Å². The number of hydrogen-bond donors (Lipinski definition) is 1. The standard InChI is InChI=1S/C11H20N4O/c1-4-14(5-2)8-10(3)13-11(16)15-7-6-12-9-15/h6-7,9-10H,4-5,8H2,1-3H3,(H,13,16). The van der Waals surface area contributed by atoms with Crippen molar-refractivity contribution in [3.05, 3.63) is 18.7 Å². The van der Waals surface area contributed by atoms with Gasteiger partial charge in [-0.2, -0.15) is 0 Å². The van der Waals surface area contributed by atoms with Gasteiger partial charge >= 0.3 is 6.03 Å². The van der Waals surface area contributed by atoms with E-state index in [-0.39, 0.29) is 12.1 Å². The molecule has 0 bridgehead atoms. The summed E-state index contributed by atoms with van der Waals surface area (Å²) in [6.07, 6.45) is 4.73. The Hall–Kier alpha value is -1.36. The minimum absolute atomic E-state index is 0.128. The van der Waals surface area contributed by atoms with Gasteiger partial charge in [0.05, 0.1) is 0 Å². The van der Waals surface area contributed by atoms with Crippen LogP contribution in [0.25, 0.3) is 0 Å². The molecule has 1 aromatic heterocycles. The molecular formula is C11H20N4O. The lowest BCUT2D eigenvalue weighted by Gasteiger charge is -2.23. The van der Waals surface area contributed by atoms with Gasteiger partial charge in [0, 0.05) is 25.0 Å². The molecule has 0 aliphatic rings. The van der Waals surface area contributed by atoms with Gasteiger partial charge in [-0.15, -0.1) is 0 Å². The molecule has 0 aliphatic heterocycles. The van der Waals surface area contributed by atoms with Crippen LogP contribution >= 0.6 is 0 Å². The average Bonchev–Trinajstić information content (AvgIpc) is 2.79. The summed E-state index contributed by atoms with van der Waals surface area (Å²) in [6.45, 7) is 9.12. The zero-order valence-corrected chi connectivity index (χ0v) is 10.2. The van der Waals surface area contributed by atoms with E-state index in [1.165, 1.54) is 10.9 Å². The van der Waals surface area contributed by atoms with Gasteiger partial charge in [0.15, 0.2) is 0 Å². The molecule has 0 aromatic carbocycles. The van der Waals surface area contributed by atoms with Crippen molar-refractivity contribution < 1.29 is 4.79 Å². The van der Waals surface area contributed by atoms with E-state index in [0.29, 0.717) is 0 Å². The van der Waals surface area contributed by atoms with Crippen molar-refractivity contribution in [2.45, 2.75) is 26.8 Å². The fourth-order valence-electron chi connectivity index (χ4n) is 1.58. The fourth-order valence-corrected chi connectivity index (χ4v) is 1.58. The number of nitrogens with one attached hydrogen (secondary N) is 1. The molecule has 1 aromatic rings. The normalized spacial score (nSPS) is 12.8. The average molecular weight is 224 g/mol. The molecule has 1 rings (SSSR count). The van der Waals surface area contributed by atoms with Crippen molar-refractivity contribution in [1.82, 2.24) is 19.8 Å². The van der Waals surface area contributed by atoms with E-state index in [2.05, 4.69) is 29.0 Å². The lowest BCUT2D eigenvalue weighted by Crippen LogP contribution is -2.43. The van der Waals surface area contributed by atoms with E-state index in [1.807, 2.05) is 6.92 Å². The summed E-state index contributed by atoms with van der Waals surface area (Å²) < 4.78 is 1.44. The van der Waals surface area contributed by atoms with Crippen LogP contribution in [0.15, 0.2) is 18.7 Å². The van der Waals surface area contributed by atoms with Crippen LogP contribution in [0.5, 0.6) is 0 Å². The number of amides is 1. The first-order chi connectivity index (χ1) is 7.67. The number of imidazole rings is 1. The SMILES string of the molecule is CCN(CC)CC(C)NC(=O)n1ccnc1. The molecule has 16 heavy (non-hydrogen) atoms. The maximum atomic E-state index is 11.7. The number of carbonyl (C=O) groups is 1. The molecule has 1 heterocycles. The third-order valence-corrected chi connectivity index (χ3v) is 2.54. The van der Waals surface area contributed by atoms with Gasteiger partial charge in [0.1, 0.15) is 6.33 Å². The summed E-state index contributed by atoms with van der Waals surface area (Å²) in [6, 6.07) is 0.00644. The highest BCUT2D eigenvalue weighted by molar-refractivity contribution is 5.76. The van der Waals surface area contributed by atoms with Crippen molar-refractivity contribution in [3.8, 4) is 0 Å². The van der Waals surface area contributed by atoms with E-state index in [4.69, 9.17) is 0 Å². The Morgan fingerprint density at radius 1 is 1.50 bits per heavy atom. The number of carbonyl (C=O) groups excluding carboxylic acids is 1. The molecule has 0 saturated heterocycles. The molecule has 0 radical (unpaired) electrons. The van der Waals surface area contributed by atoms with Crippen LogP contribution in [-0.2, 0) is 0 Å². The zero-order valence-electron chi connectivity index (χ0n) is 10.2. The third kappa shape index (κ3) is 3.66.